The molecule has 1 aromatic carbocycles. The summed E-state index contributed by atoms with van der Waals surface area (Å²) in [6.45, 7) is 0. The van der Waals surface area contributed by atoms with Crippen LogP contribution >= 0.6 is 11.5 Å². The number of benzene rings is 1. The topological polar surface area (TPSA) is 130 Å². The highest BCUT2D eigenvalue weighted by atomic mass is 32.1. The Balaban J connectivity index is 2.32. The second kappa shape index (κ2) is 7.25. The van der Waals surface area contributed by atoms with Gasteiger partial charge in [0.2, 0.25) is 0 Å². The number of amides is 2. The molecule has 2 aromatic rings. The molecule has 0 saturated heterocycles. The van der Waals surface area contributed by atoms with Gasteiger partial charge in [-0.1, -0.05) is 16.6 Å². The van der Waals surface area contributed by atoms with Crippen LogP contribution in [0.2, 0.25) is 0 Å². The van der Waals surface area contributed by atoms with Crippen molar-refractivity contribution in [1.82, 2.24) is 14.9 Å². The Morgan fingerprint density at radius 3 is 2.74 bits per heavy atom. The molecule has 9 nitrogen and oxygen atoms in total. The van der Waals surface area contributed by atoms with Crippen LogP contribution < -0.4 is 15.4 Å². The first kappa shape index (κ1) is 16.3. The molecule has 10 heteroatoms. The first-order chi connectivity index (χ1) is 11.1. The summed E-state index contributed by atoms with van der Waals surface area (Å²) in [5.74, 6) is -0.833. The van der Waals surface area contributed by atoms with Crippen molar-refractivity contribution in [3.05, 3.63) is 40.4 Å². The third-order valence-corrected chi connectivity index (χ3v) is 3.55. The van der Waals surface area contributed by atoms with E-state index in [0.717, 1.165) is 11.5 Å². The van der Waals surface area contributed by atoms with E-state index in [1.165, 1.54) is 14.2 Å². The van der Waals surface area contributed by atoms with Gasteiger partial charge in [0.1, 0.15) is 5.75 Å². The van der Waals surface area contributed by atoms with Crippen molar-refractivity contribution < 1.29 is 19.1 Å². The molecule has 0 aliphatic heterocycles. The lowest BCUT2D eigenvalue weighted by Gasteiger charge is -2.07. The van der Waals surface area contributed by atoms with Gasteiger partial charge in [-0.05, 0) is 23.7 Å². The lowest BCUT2D eigenvalue weighted by molar-refractivity contribution is -0.114. The van der Waals surface area contributed by atoms with Gasteiger partial charge < -0.3 is 20.9 Å². The van der Waals surface area contributed by atoms with Crippen LogP contribution in [0.4, 0.5) is 5.69 Å². The number of methoxy groups -OCH3 is 1. The molecule has 0 atom stereocenters. The van der Waals surface area contributed by atoms with Crippen LogP contribution in [-0.2, 0) is 4.79 Å². The molecule has 0 aliphatic rings. The molecule has 0 radical (unpaired) electrons. The number of hydrogen-bond donors (Lipinski definition) is 2. The van der Waals surface area contributed by atoms with Crippen LogP contribution in [0.3, 0.4) is 0 Å². The van der Waals surface area contributed by atoms with Gasteiger partial charge >= 0.3 is 11.6 Å². The van der Waals surface area contributed by atoms with Gasteiger partial charge in [-0.3, -0.25) is 9.59 Å². The molecule has 0 bridgehead atoms. The van der Waals surface area contributed by atoms with E-state index in [9.17, 15) is 9.59 Å². The summed E-state index contributed by atoms with van der Waals surface area (Å²) >= 11 is 0.770. The van der Waals surface area contributed by atoms with Crippen LogP contribution in [0, 0.1) is 0 Å². The first-order valence-electron chi connectivity index (χ1n) is 6.33. The predicted molar refractivity (Wildman–Crippen MR) is 82.7 cm³/mol. The maximum absolute atomic E-state index is 12.3. The number of nitrogens with zero attached hydrogens (tertiary/aromatic N) is 4. The van der Waals surface area contributed by atoms with E-state index in [2.05, 4.69) is 25.0 Å². The van der Waals surface area contributed by atoms with Crippen molar-refractivity contribution in [2.24, 2.45) is 0 Å². The number of hydrogen-bond acceptors (Lipinski definition) is 6. The molecule has 2 amide bonds. The fraction of sp³-hybridized carbons (Fsp3) is 0.154. The lowest BCUT2D eigenvalue weighted by Crippen LogP contribution is -2.28. The number of para-hydroxylation sites is 2. The molecule has 0 spiro atoms. The standard InChI is InChI=1S/C13H12N6O3S/c1-15-12(20)10-11(23-19-18-10)9(17-14)13(21)16-7-5-3-4-6-8(7)22-2/h3-6H,1-2H3,(H,15,20)(H,16,21). The van der Waals surface area contributed by atoms with Crippen molar-refractivity contribution in [2.75, 3.05) is 19.5 Å². The maximum Gasteiger partial charge on any atom is 0.400 e. The third kappa shape index (κ3) is 3.39. The fourth-order valence-electron chi connectivity index (χ4n) is 1.74. The Morgan fingerprint density at radius 1 is 1.35 bits per heavy atom. The smallest absolute Gasteiger partial charge is 0.400 e. The number of ether oxygens (including phenoxy) is 1. The zero-order valence-corrected chi connectivity index (χ0v) is 13.0. The number of carbonyl (C=O) groups is 2. The van der Waals surface area contributed by atoms with Crippen molar-refractivity contribution in [1.29, 1.82) is 0 Å². The van der Waals surface area contributed by atoms with E-state index < -0.39 is 11.8 Å². The van der Waals surface area contributed by atoms with Crippen LogP contribution in [0.15, 0.2) is 24.3 Å². The largest absolute Gasteiger partial charge is 0.495 e. The highest BCUT2D eigenvalue weighted by molar-refractivity contribution is 7.09. The number of carbonyl (C=O) groups excluding carboxylic acids is 2. The average molecular weight is 332 g/mol. The van der Waals surface area contributed by atoms with Gasteiger partial charge in [0.25, 0.3) is 5.91 Å². The van der Waals surface area contributed by atoms with E-state index in [4.69, 9.17) is 10.3 Å². The molecule has 1 aromatic heterocycles. The van der Waals surface area contributed by atoms with E-state index in [1.54, 1.807) is 24.3 Å². The number of nitrogens with one attached hydrogen (secondary N) is 2. The summed E-state index contributed by atoms with van der Waals surface area (Å²) in [5, 5.41) is 8.56. The van der Waals surface area contributed by atoms with Gasteiger partial charge in [0.05, 0.1) is 12.8 Å². The van der Waals surface area contributed by atoms with Gasteiger partial charge in [-0.15, -0.1) is 5.10 Å². The summed E-state index contributed by atoms with van der Waals surface area (Å²) in [6, 6.07) is 6.73. The Labute approximate surface area is 135 Å². The third-order valence-electron chi connectivity index (χ3n) is 2.82. The number of aromatic nitrogens is 2. The first-order valence-corrected chi connectivity index (χ1v) is 7.11. The summed E-state index contributed by atoms with van der Waals surface area (Å²) in [6.07, 6.45) is 0. The van der Waals surface area contributed by atoms with Crippen molar-refractivity contribution >= 4 is 34.7 Å². The summed E-state index contributed by atoms with van der Waals surface area (Å²) < 4.78 is 8.74. The fourth-order valence-corrected chi connectivity index (χ4v) is 2.38. The van der Waals surface area contributed by atoms with Crippen molar-refractivity contribution in [3.63, 3.8) is 0 Å². The average Bonchev–Trinajstić information content (AvgIpc) is 3.04. The number of rotatable bonds is 5. The molecular weight excluding hydrogens is 320 g/mol. The van der Waals surface area contributed by atoms with Crippen molar-refractivity contribution in [2.45, 2.75) is 0 Å². The Hall–Kier alpha value is -3.10. The second-order valence-corrected chi connectivity index (χ2v) is 4.89. The molecule has 0 saturated carbocycles. The summed E-state index contributed by atoms with van der Waals surface area (Å²) in [5.41, 5.74) is 9.09. The molecule has 2 rings (SSSR count). The van der Waals surface area contributed by atoms with Gasteiger partial charge in [-0.2, -0.15) is 4.79 Å². The normalized spacial score (nSPS) is 9.65. The minimum absolute atomic E-state index is 0.0549. The van der Waals surface area contributed by atoms with Gasteiger partial charge in [0, 0.05) is 7.05 Å². The van der Waals surface area contributed by atoms with E-state index in [-0.39, 0.29) is 16.3 Å². The molecule has 118 valence electrons. The summed E-state index contributed by atoms with van der Waals surface area (Å²) in [4.78, 5) is 27.1. The second-order valence-electron chi connectivity index (χ2n) is 4.13. The SMILES string of the molecule is CNC(=O)c1nnsc1C(=[N+]=[N-])C(=O)Nc1ccccc1OC. The van der Waals surface area contributed by atoms with Crippen LogP contribution in [0.25, 0.3) is 5.53 Å². The summed E-state index contributed by atoms with van der Waals surface area (Å²) in [7, 11) is 2.87. The lowest BCUT2D eigenvalue weighted by atomic mass is 10.2. The van der Waals surface area contributed by atoms with Gasteiger partial charge in [-0.25, -0.2) is 0 Å². The minimum Gasteiger partial charge on any atom is -0.495 e. The van der Waals surface area contributed by atoms with Crippen LogP contribution in [0.5, 0.6) is 5.75 Å². The predicted octanol–water partition coefficient (Wildman–Crippen LogP) is 0.564. The van der Waals surface area contributed by atoms with Crippen LogP contribution in [-0.4, -0.2) is 46.1 Å². The molecule has 0 unspecified atom stereocenters. The molecule has 2 N–H and O–H groups in total. The van der Waals surface area contributed by atoms with Crippen LogP contribution in [0.1, 0.15) is 15.4 Å². The van der Waals surface area contributed by atoms with E-state index in [0.29, 0.717) is 11.4 Å². The van der Waals surface area contributed by atoms with E-state index >= 15 is 0 Å². The molecule has 1 heterocycles. The molecule has 23 heavy (non-hydrogen) atoms. The quantitative estimate of drug-likeness (QED) is 0.469. The Morgan fingerprint density at radius 2 is 2.09 bits per heavy atom. The molecule has 0 aliphatic carbocycles. The highest BCUT2D eigenvalue weighted by Gasteiger charge is 2.32. The molecular formula is C13H12N6O3S. The Bertz CT molecular complexity index is 797. The zero-order valence-electron chi connectivity index (χ0n) is 12.2. The van der Waals surface area contributed by atoms with Crippen molar-refractivity contribution in [3.8, 4) is 5.75 Å². The van der Waals surface area contributed by atoms with E-state index in [1.807, 2.05) is 0 Å². The highest BCUT2D eigenvalue weighted by Crippen LogP contribution is 2.23. The zero-order chi connectivity index (χ0) is 16.8. The maximum atomic E-state index is 12.3. The minimum atomic E-state index is -0.729. The monoisotopic (exact) mass is 332 g/mol. The Kier molecular flexibility index (Phi) is 5.13. The number of anilines is 1. The van der Waals surface area contributed by atoms with Gasteiger partial charge in [0.15, 0.2) is 10.6 Å². The molecule has 0 fully saturated rings.